The lowest BCUT2D eigenvalue weighted by molar-refractivity contribution is -0.127. The van der Waals surface area contributed by atoms with Crippen LogP contribution in [-0.4, -0.2) is 49.6 Å². The monoisotopic (exact) mass is 448 g/mol. The molecule has 176 valence electrons. The number of rotatable bonds is 11. The van der Waals surface area contributed by atoms with Crippen LogP contribution in [-0.2, 0) is 17.8 Å². The first-order valence-electron chi connectivity index (χ1n) is 12.3. The van der Waals surface area contributed by atoms with Crippen molar-refractivity contribution in [2.24, 2.45) is 16.8 Å². The first-order valence-corrected chi connectivity index (χ1v) is 12.3. The van der Waals surface area contributed by atoms with Crippen molar-refractivity contribution in [1.29, 1.82) is 0 Å². The molecule has 2 aromatic carbocycles. The molecule has 1 amide bonds. The highest BCUT2D eigenvalue weighted by molar-refractivity contribution is 5.81. The molecule has 1 unspecified atom stereocenters. The number of nitrogens with one attached hydrogen (secondary N) is 2. The van der Waals surface area contributed by atoms with Crippen LogP contribution >= 0.6 is 0 Å². The molecular formula is C27H36N4O2. The van der Waals surface area contributed by atoms with Gasteiger partial charge in [0.1, 0.15) is 5.75 Å². The Labute approximate surface area is 197 Å². The molecule has 1 saturated carbocycles. The van der Waals surface area contributed by atoms with Crippen LogP contribution in [0.4, 0.5) is 0 Å². The van der Waals surface area contributed by atoms with E-state index in [2.05, 4.69) is 35.8 Å². The van der Waals surface area contributed by atoms with E-state index in [-0.39, 0.29) is 5.91 Å². The number of hydrogen-bond acceptors (Lipinski definition) is 3. The van der Waals surface area contributed by atoms with E-state index in [1.54, 1.807) is 0 Å². The number of hydrogen-bond donors (Lipinski definition) is 2. The predicted octanol–water partition coefficient (Wildman–Crippen LogP) is 3.62. The van der Waals surface area contributed by atoms with Crippen molar-refractivity contribution in [3.63, 3.8) is 0 Å². The summed E-state index contributed by atoms with van der Waals surface area (Å²) >= 11 is 0. The standard InChI is InChI=1S/C27H36N4O2/c1-2-28-27(30-18-24-10-6-7-11-25(24)33-20-22-12-13-22)29-17-23-16-26(32)31(19-23)15-14-21-8-4-3-5-9-21/h3-11,22-23H,2,12-20H2,1H3,(H2,28,29,30). The quantitative estimate of drug-likeness (QED) is 0.407. The fourth-order valence-electron chi connectivity index (χ4n) is 4.13. The minimum Gasteiger partial charge on any atom is -0.493 e. The molecule has 2 aliphatic rings. The molecule has 2 fully saturated rings. The van der Waals surface area contributed by atoms with E-state index in [9.17, 15) is 4.79 Å². The molecular weight excluding hydrogens is 412 g/mol. The van der Waals surface area contributed by atoms with Crippen LogP contribution in [0, 0.1) is 11.8 Å². The van der Waals surface area contributed by atoms with Crippen LogP contribution < -0.4 is 15.4 Å². The number of nitrogens with zero attached hydrogens (tertiary/aromatic N) is 2. The summed E-state index contributed by atoms with van der Waals surface area (Å²) in [7, 11) is 0. The molecule has 0 bridgehead atoms. The van der Waals surface area contributed by atoms with Crippen LogP contribution in [0.25, 0.3) is 0 Å². The lowest BCUT2D eigenvalue weighted by atomic mass is 10.1. The summed E-state index contributed by atoms with van der Waals surface area (Å²) in [4.78, 5) is 19.3. The van der Waals surface area contributed by atoms with Gasteiger partial charge in [-0.2, -0.15) is 0 Å². The van der Waals surface area contributed by atoms with Gasteiger partial charge in [0.15, 0.2) is 5.96 Å². The Bertz CT molecular complexity index is 927. The summed E-state index contributed by atoms with van der Waals surface area (Å²) in [5, 5.41) is 6.77. The second-order valence-corrected chi connectivity index (χ2v) is 9.08. The highest BCUT2D eigenvalue weighted by Gasteiger charge is 2.29. The van der Waals surface area contributed by atoms with Gasteiger partial charge >= 0.3 is 0 Å². The number of carbonyl (C=O) groups excluding carboxylic acids is 1. The van der Waals surface area contributed by atoms with E-state index >= 15 is 0 Å². The van der Waals surface area contributed by atoms with Crippen molar-refractivity contribution < 1.29 is 9.53 Å². The molecule has 0 spiro atoms. The summed E-state index contributed by atoms with van der Waals surface area (Å²) in [6.07, 6.45) is 4.06. The Kier molecular flexibility index (Phi) is 8.23. The highest BCUT2D eigenvalue weighted by atomic mass is 16.5. The summed E-state index contributed by atoms with van der Waals surface area (Å²) in [5.41, 5.74) is 2.37. The molecule has 6 heteroatoms. The first kappa shape index (κ1) is 23.1. The van der Waals surface area contributed by atoms with E-state index in [1.807, 2.05) is 41.3 Å². The number of likely N-dealkylation sites (tertiary alicyclic amines) is 1. The molecule has 33 heavy (non-hydrogen) atoms. The zero-order valence-corrected chi connectivity index (χ0v) is 19.6. The Hall–Kier alpha value is -3.02. The third-order valence-corrected chi connectivity index (χ3v) is 6.26. The molecule has 1 atom stereocenters. The molecule has 0 radical (unpaired) electrons. The smallest absolute Gasteiger partial charge is 0.223 e. The van der Waals surface area contributed by atoms with Gasteiger partial charge in [-0.05, 0) is 43.7 Å². The Morgan fingerprint density at radius 1 is 1.06 bits per heavy atom. The summed E-state index contributed by atoms with van der Waals surface area (Å²) in [6, 6.07) is 18.5. The van der Waals surface area contributed by atoms with Crippen LogP contribution in [0.3, 0.4) is 0 Å². The summed E-state index contributed by atoms with van der Waals surface area (Å²) < 4.78 is 6.02. The van der Waals surface area contributed by atoms with Crippen molar-refractivity contribution in [3.05, 3.63) is 65.7 Å². The van der Waals surface area contributed by atoms with E-state index < -0.39 is 0 Å². The highest BCUT2D eigenvalue weighted by Crippen LogP contribution is 2.30. The summed E-state index contributed by atoms with van der Waals surface area (Å²) in [6.45, 7) is 6.53. The molecule has 1 heterocycles. The number of guanidine groups is 1. The topological polar surface area (TPSA) is 66.0 Å². The molecule has 6 nitrogen and oxygen atoms in total. The molecule has 2 N–H and O–H groups in total. The largest absolute Gasteiger partial charge is 0.493 e. The Balaban J connectivity index is 1.27. The fourth-order valence-corrected chi connectivity index (χ4v) is 4.13. The van der Waals surface area contributed by atoms with Crippen molar-refractivity contribution in [1.82, 2.24) is 15.5 Å². The SMILES string of the molecule is CCNC(=NCc1ccccc1OCC1CC1)NCC1CC(=O)N(CCc2ccccc2)C1. The number of aliphatic imine (C=N–C) groups is 1. The summed E-state index contributed by atoms with van der Waals surface area (Å²) in [5.74, 6) is 2.98. The van der Waals surface area contributed by atoms with E-state index in [0.717, 1.165) is 62.4 Å². The van der Waals surface area contributed by atoms with Crippen molar-refractivity contribution >= 4 is 11.9 Å². The van der Waals surface area contributed by atoms with Gasteiger partial charge in [0.25, 0.3) is 0 Å². The zero-order valence-electron chi connectivity index (χ0n) is 19.6. The van der Waals surface area contributed by atoms with Gasteiger partial charge in [-0.1, -0.05) is 48.5 Å². The van der Waals surface area contributed by atoms with Crippen LogP contribution in [0.1, 0.15) is 37.3 Å². The van der Waals surface area contributed by atoms with Gasteiger partial charge in [-0.15, -0.1) is 0 Å². The van der Waals surface area contributed by atoms with Crippen LogP contribution in [0.15, 0.2) is 59.6 Å². The van der Waals surface area contributed by atoms with E-state index in [1.165, 1.54) is 18.4 Å². The van der Waals surface area contributed by atoms with Crippen LogP contribution in [0.2, 0.25) is 0 Å². The van der Waals surface area contributed by atoms with Gasteiger partial charge in [-0.3, -0.25) is 4.79 Å². The maximum atomic E-state index is 12.5. The Morgan fingerprint density at radius 2 is 1.85 bits per heavy atom. The van der Waals surface area contributed by atoms with Gasteiger partial charge < -0.3 is 20.3 Å². The predicted molar refractivity (Wildman–Crippen MR) is 132 cm³/mol. The first-order chi connectivity index (χ1) is 16.2. The molecule has 4 rings (SSSR count). The fraction of sp³-hybridized carbons (Fsp3) is 0.481. The van der Waals surface area contributed by atoms with Gasteiger partial charge in [0.05, 0.1) is 13.2 Å². The minimum atomic E-state index is 0.251. The minimum absolute atomic E-state index is 0.251. The number of benzene rings is 2. The zero-order chi connectivity index (χ0) is 22.9. The van der Waals surface area contributed by atoms with Crippen molar-refractivity contribution in [2.45, 2.75) is 39.2 Å². The third kappa shape index (κ3) is 7.24. The van der Waals surface area contributed by atoms with Gasteiger partial charge in [0, 0.05) is 44.1 Å². The maximum Gasteiger partial charge on any atom is 0.223 e. The molecule has 2 aromatic rings. The van der Waals surface area contributed by atoms with E-state index in [0.29, 0.717) is 18.9 Å². The number of para-hydroxylation sites is 1. The van der Waals surface area contributed by atoms with Gasteiger partial charge in [-0.25, -0.2) is 4.99 Å². The van der Waals surface area contributed by atoms with Gasteiger partial charge in [0.2, 0.25) is 5.91 Å². The third-order valence-electron chi connectivity index (χ3n) is 6.26. The maximum absolute atomic E-state index is 12.5. The van der Waals surface area contributed by atoms with Crippen LogP contribution in [0.5, 0.6) is 5.75 Å². The molecule has 0 aromatic heterocycles. The second kappa shape index (κ2) is 11.7. The number of carbonyl (C=O) groups is 1. The normalized spacial score (nSPS) is 18.5. The Morgan fingerprint density at radius 3 is 2.64 bits per heavy atom. The van der Waals surface area contributed by atoms with Crippen molar-refractivity contribution in [3.8, 4) is 5.75 Å². The van der Waals surface area contributed by atoms with E-state index in [4.69, 9.17) is 9.73 Å². The number of amides is 1. The molecule has 1 aliphatic heterocycles. The average Bonchev–Trinajstić information content (AvgIpc) is 3.60. The molecule has 1 saturated heterocycles. The molecule has 1 aliphatic carbocycles. The average molecular weight is 449 g/mol. The lowest BCUT2D eigenvalue weighted by Gasteiger charge is -2.18. The number of ether oxygens (including phenoxy) is 1. The van der Waals surface area contributed by atoms with Crippen molar-refractivity contribution in [2.75, 3.05) is 32.8 Å². The lowest BCUT2D eigenvalue weighted by Crippen LogP contribution is -2.40. The second-order valence-electron chi connectivity index (χ2n) is 9.08.